The zero-order valence-electron chi connectivity index (χ0n) is 14.9. The molecular formula is C18H23ClN6O. The van der Waals surface area contributed by atoms with E-state index >= 15 is 0 Å². The van der Waals surface area contributed by atoms with Crippen LogP contribution in [0.2, 0.25) is 5.02 Å². The van der Waals surface area contributed by atoms with Crippen molar-refractivity contribution >= 4 is 17.5 Å². The molecule has 3 heterocycles. The summed E-state index contributed by atoms with van der Waals surface area (Å²) >= 11 is 6.26. The van der Waals surface area contributed by atoms with Gasteiger partial charge in [-0.2, -0.15) is 0 Å². The van der Waals surface area contributed by atoms with E-state index in [4.69, 9.17) is 11.6 Å². The van der Waals surface area contributed by atoms with Gasteiger partial charge in [-0.25, -0.2) is 4.68 Å². The van der Waals surface area contributed by atoms with Crippen LogP contribution < -0.4 is 5.32 Å². The van der Waals surface area contributed by atoms with E-state index in [1.165, 1.54) is 0 Å². The average Bonchev–Trinajstić information content (AvgIpc) is 3.30. The fourth-order valence-electron chi connectivity index (χ4n) is 3.80. The Morgan fingerprint density at radius 2 is 2.00 bits per heavy atom. The molecule has 0 aliphatic carbocycles. The Hall–Kier alpha value is -1.96. The molecule has 1 unspecified atom stereocenters. The van der Waals surface area contributed by atoms with E-state index in [1.54, 1.807) is 10.7 Å². The molecule has 26 heavy (non-hydrogen) atoms. The second-order valence-corrected chi connectivity index (χ2v) is 7.27. The summed E-state index contributed by atoms with van der Waals surface area (Å²) < 4.78 is 1.64. The molecule has 0 bridgehead atoms. The zero-order valence-corrected chi connectivity index (χ0v) is 15.6. The maximum atomic E-state index is 13.0. The predicted molar refractivity (Wildman–Crippen MR) is 99.9 cm³/mol. The van der Waals surface area contributed by atoms with Crippen molar-refractivity contribution in [2.75, 3.05) is 39.3 Å². The van der Waals surface area contributed by atoms with Crippen molar-refractivity contribution in [3.63, 3.8) is 0 Å². The van der Waals surface area contributed by atoms with E-state index in [9.17, 15) is 4.79 Å². The highest BCUT2D eigenvalue weighted by Gasteiger charge is 2.33. The molecule has 1 amide bonds. The van der Waals surface area contributed by atoms with Gasteiger partial charge in [-0.15, -0.1) is 5.10 Å². The van der Waals surface area contributed by atoms with Crippen LogP contribution in [0, 0.1) is 6.92 Å². The van der Waals surface area contributed by atoms with Gasteiger partial charge in [0, 0.05) is 45.3 Å². The Kier molecular flexibility index (Phi) is 4.93. The van der Waals surface area contributed by atoms with Gasteiger partial charge >= 0.3 is 0 Å². The molecule has 2 aromatic rings. The van der Waals surface area contributed by atoms with E-state index in [-0.39, 0.29) is 5.91 Å². The molecule has 0 radical (unpaired) electrons. The first-order chi connectivity index (χ1) is 12.6. The molecule has 2 saturated heterocycles. The Bertz CT molecular complexity index is 801. The highest BCUT2D eigenvalue weighted by molar-refractivity contribution is 6.32. The van der Waals surface area contributed by atoms with Crippen LogP contribution in [-0.4, -0.2) is 76.0 Å². The van der Waals surface area contributed by atoms with Gasteiger partial charge in [0.25, 0.3) is 5.91 Å². The molecule has 1 N–H and O–H groups in total. The number of benzene rings is 1. The third-order valence-electron chi connectivity index (χ3n) is 5.30. The predicted octanol–water partition coefficient (Wildman–Crippen LogP) is 1.35. The smallest absolute Gasteiger partial charge is 0.276 e. The van der Waals surface area contributed by atoms with Gasteiger partial charge in [-0.05, 0) is 25.5 Å². The number of piperazine rings is 1. The van der Waals surface area contributed by atoms with E-state index in [0.717, 1.165) is 51.4 Å². The van der Waals surface area contributed by atoms with Crippen molar-refractivity contribution in [3.8, 4) is 5.69 Å². The van der Waals surface area contributed by atoms with Gasteiger partial charge in [-0.1, -0.05) is 28.9 Å². The molecule has 0 saturated carbocycles. The van der Waals surface area contributed by atoms with Crippen molar-refractivity contribution in [2.45, 2.75) is 19.4 Å². The number of para-hydroxylation sites is 1. The van der Waals surface area contributed by atoms with Crippen LogP contribution in [0.5, 0.6) is 0 Å². The van der Waals surface area contributed by atoms with Crippen LogP contribution in [0.15, 0.2) is 24.3 Å². The molecule has 2 aliphatic rings. The maximum absolute atomic E-state index is 13.0. The van der Waals surface area contributed by atoms with Gasteiger partial charge in [-0.3, -0.25) is 9.69 Å². The summed E-state index contributed by atoms with van der Waals surface area (Å²) in [4.78, 5) is 17.4. The first-order valence-corrected chi connectivity index (χ1v) is 9.44. The van der Waals surface area contributed by atoms with Crippen molar-refractivity contribution < 1.29 is 4.79 Å². The largest absolute Gasteiger partial charge is 0.336 e. The number of nitrogens with zero attached hydrogens (tertiary/aromatic N) is 5. The number of amides is 1. The second kappa shape index (κ2) is 7.34. The number of carbonyl (C=O) groups is 1. The number of likely N-dealkylation sites (tertiary alicyclic amines) is 1. The fourth-order valence-corrected chi connectivity index (χ4v) is 4.02. The summed E-state index contributed by atoms with van der Waals surface area (Å²) in [5, 5.41) is 12.3. The van der Waals surface area contributed by atoms with Gasteiger partial charge < -0.3 is 10.2 Å². The second-order valence-electron chi connectivity index (χ2n) is 6.87. The number of halogens is 1. The molecule has 2 aliphatic heterocycles. The van der Waals surface area contributed by atoms with Crippen LogP contribution in [-0.2, 0) is 0 Å². The molecule has 138 valence electrons. The fraction of sp³-hybridized carbons (Fsp3) is 0.500. The summed E-state index contributed by atoms with van der Waals surface area (Å²) in [5.74, 6) is -0.0431. The molecule has 8 heteroatoms. The molecule has 1 atom stereocenters. The Balaban J connectivity index is 1.50. The van der Waals surface area contributed by atoms with Crippen molar-refractivity contribution in [3.05, 3.63) is 40.7 Å². The maximum Gasteiger partial charge on any atom is 0.276 e. The van der Waals surface area contributed by atoms with Crippen molar-refractivity contribution in [1.29, 1.82) is 0 Å². The molecule has 2 fully saturated rings. The standard InChI is InChI=1S/C18H23ClN6O/c1-13-17(21-22-25(13)16-5-3-2-4-15(16)19)18(26)24-9-6-14(12-24)23-10-7-20-8-11-23/h2-5,14,20H,6-12H2,1H3. The molecule has 4 rings (SSSR count). The number of hydrogen-bond donors (Lipinski definition) is 1. The zero-order chi connectivity index (χ0) is 18.1. The Morgan fingerprint density at radius 1 is 1.23 bits per heavy atom. The first-order valence-electron chi connectivity index (χ1n) is 9.06. The quantitative estimate of drug-likeness (QED) is 0.878. The minimum absolute atomic E-state index is 0.0431. The Labute approximate surface area is 157 Å². The third kappa shape index (κ3) is 3.22. The lowest BCUT2D eigenvalue weighted by Crippen LogP contribution is -2.49. The summed E-state index contributed by atoms with van der Waals surface area (Å²) in [6.07, 6.45) is 1.02. The molecule has 0 spiro atoms. The lowest BCUT2D eigenvalue weighted by molar-refractivity contribution is 0.0767. The highest BCUT2D eigenvalue weighted by atomic mass is 35.5. The van der Waals surface area contributed by atoms with Crippen LogP contribution in [0.25, 0.3) is 5.69 Å². The first kappa shape index (κ1) is 17.5. The van der Waals surface area contributed by atoms with Crippen LogP contribution in [0.3, 0.4) is 0 Å². The van der Waals surface area contributed by atoms with Crippen LogP contribution in [0.4, 0.5) is 0 Å². The van der Waals surface area contributed by atoms with E-state index in [0.29, 0.717) is 22.5 Å². The van der Waals surface area contributed by atoms with Gasteiger partial charge in [0.15, 0.2) is 5.69 Å². The highest BCUT2D eigenvalue weighted by Crippen LogP contribution is 2.23. The summed E-state index contributed by atoms with van der Waals surface area (Å²) in [6, 6.07) is 7.87. The molecular weight excluding hydrogens is 352 g/mol. The summed E-state index contributed by atoms with van der Waals surface area (Å²) in [5.41, 5.74) is 1.86. The third-order valence-corrected chi connectivity index (χ3v) is 5.62. The summed E-state index contributed by atoms with van der Waals surface area (Å²) in [7, 11) is 0. The van der Waals surface area contributed by atoms with E-state index < -0.39 is 0 Å². The number of rotatable bonds is 3. The lowest BCUT2D eigenvalue weighted by Gasteiger charge is -2.32. The van der Waals surface area contributed by atoms with Gasteiger partial charge in [0.05, 0.1) is 16.4 Å². The SMILES string of the molecule is Cc1c(C(=O)N2CCC(N3CCNCC3)C2)nnn1-c1ccccc1Cl. The average molecular weight is 375 g/mol. The number of nitrogens with one attached hydrogen (secondary N) is 1. The monoisotopic (exact) mass is 374 g/mol. The van der Waals surface area contributed by atoms with Gasteiger partial charge in [0.1, 0.15) is 0 Å². The summed E-state index contributed by atoms with van der Waals surface area (Å²) in [6.45, 7) is 7.54. The topological polar surface area (TPSA) is 66.3 Å². The van der Waals surface area contributed by atoms with E-state index in [2.05, 4.69) is 20.5 Å². The Morgan fingerprint density at radius 3 is 2.77 bits per heavy atom. The number of carbonyl (C=O) groups excluding carboxylic acids is 1. The van der Waals surface area contributed by atoms with Crippen molar-refractivity contribution in [2.24, 2.45) is 0 Å². The molecule has 1 aromatic carbocycles. The minimum Gasteiger partial charge on any atom is -0.336 e. The normalized spacial score (nSPS) is 21.3. The number of hydrogen-bond acceptors (Lipinski definition) is 5. The van der Waals surface area contributed by atoms with Crippen LogP contribution >= 0.6 is 11.6 Å². The molecule has 1 aromatic heterocycles. The lowest BCUT2D eigenvalue weighted by atomic mass is 10.2. The van der Waals surface area contributed by atoms with Gasteiger partial charge in [0.2, 0.25) is 0 Å². The van der Waals surface area contributed by atoms with E-state index in [1.807, 2.05) is 30.0 Å². The van der Waals surface area contributed by atoms with Crippen LogP contribution in [0.1, 0.15) is 22.6 Å². The molecule has 7 nitrogen and oxygen atoms in total. The minimum atomic E-state index is -0.0431. The number of aromatic nitrogens is 3. The van der Waals surface area contributed by atoms with Crippen molar-refractivity contribution in [1.82, 2.24) is 30.1 Å².